The molecule has 0 spiro atoms. The molecule has 15 heteroatoms. The molecule has 0 unspecified atom stereocenters. The Balaban J connectivity index is 1.76. The van der Waals surface area contributed by atoms with E-state index in [1.807, 2.05) is 0 Å². The second-order valence-electron chi connectivity index (χ2n) is 8.80. The van der Waals surface area contributed by atoms with Crippen LogP contribution in [-0.4, -0.2) is 68.5 Å². The van der Waals surface area contributed by atoms with Crippen LogP contribution in [0.5, 0.6) is 0 Å². The number of para-hydroxylation sites is 1. The zero-order valence-corrected chi connectivity index (χ0v) is 21.4. The van der Waals surface area contributed by atoms with Crippen molar-refractivity contribution >= 4 is 48.6 Å². The van der Waals surface area contributed by atoms with E-state index in [1.54, 1.807) is 23.1 Å². The third-order valence-electron chi connectivity index (χ3n) is 6.53. The number of aromatic nitrogens is 2. The van der Waals surface area contributed by atoms with Crippen LogP contribution in [0.25, 0.3) is 22.2 Å². The van der Waals surface area contributed by atoms with Crippen molar-refractivity contribution in [3.8, 4) is 11.1 Å². The number of aromatic amines is 1. The second kappa shape index (κ2) is 9.00. The Morgan fingerprint density at radius 1 is 1.08 bits per heavy atom. The first kappa shape index (κ1) is 25.0. The molecule has 0 aliphatic carbocycles. The quantitative estimate of drug-likeness (QED) is 0.430. The molecule has 2 aliphatic heterocycles. The smallest absolute Gasteiger partial charge is 0.240 e. The summed E-state index contributed by atoms with van der Waals surface area (Å²) in [6.45, 7) is 1.87. The van der Waals surface area contributed by atoms with Crippen molar-refractivity contribution in [2.24, 2.45) is 20.4 Å². The zero-order chi connectivity index (χ0) is 26.5. The molecule has 1 amide bonds. The van der Waals surface area contributed by atoms with Crippen LogP contribution in [0.1, 0.15) is 25.3 Å². The summed E-state index contributed by atoms with van der Waals surface area (Å²) < 4.78 is 53.7. The number of amidine groups is 1. The highest BCUT2D eigenvalue weighted by Gasteiger charge is 2.38. The highest BCUT2D eigenvalue weighted by Crippen LogP contribution is 2.39. The van der Waals surface area contributed by atoms with Crippen LogP contribution in [0.15, 0.2) is 55.3 Å². The topological polar surface area (TPSA) is 206 Å². The number of nitrogens with one attached hydrogen (secondary N) is 1. The summed E-state index contributed by atoms with van der Waals surface area (Å²) in [5.41, 5.74) is 7.62. The molecule has 1 saturated heterocycles. The number of anilines is 1. The lowest BCUT2D eigenvalue weighted by molar-refractivity contribution is -0.129. The number of primary sulfonamides is 1. The van der Waals surface area contributed by atoms with Crippen LogP contribution >= 0.6 is 0 Å². The summed E-state index contributed by atoms with van der Waals surface area (Å²) in [6, 6.07) is 7.92. The van der Waals surface area contributed by atoms with E-state index in [-0.39, 0.29) is 55.9 Å². The second-order valence-corrected chi connectivity index (χ2v) is 12.5. The van der Waals surface area contributed by atoms with Crippen LogP contribution in [-0.2, 0) is 24.7 Å². The predicted octanol–water partition coefficient (Wildman–Crippen LogP) is 1.41. The summed E-state index contributed by atoms with van der Waals surface area (Å²) >= 11 is 0. The van der Waals surface area contributed by atoms with Gasteiger partial charge in [-0.15, -0.1) is 5.11 Å². The fourth-order valence-electron chi connectivity index (χ4n) is 4.80. The number of nitrogen functional groups attached to an aromatic ring is 1. The Labute approximate surface area is 212 Å². The van der Waals surface area contributed by atoms with Gasteiger partial charge in [-0.1, -0.05) is 18.2 Å². The monoisotopic (exact) mass is 544 g/mol. The maximum absolute atomic E-state index is 13.8. The van der Waals surface area contributed by atoms with Crippen molar-refractivity contribution < 1.29 is 21.6 Å². The van der Waals surface area contributed by atoms with E-state index in [1.165, 1.54) is 19.1 Å². The number of amides is 1. The molecule has 5 N–H and O–H groups in total. The third kappa shape index (κ3) is 4.38. The summed E-state index contributed by atoms with van der Waals surface area (Å²) in [7, 11) is -8.79. The number of sulfone groups is 1. The number of sulfonamides is 1. The minimum atomic E-state index is -4.61. The molecule has 194 valence electrons. The molecule has 0 saturated carbocycles. The number of benzene rings is 2. The van der Waals surface area contributed by atoms with E-state index in [2.05, 4.69) is 25.2 Å². The average Bonchev–Trinajstić information content (AvgIpc) is 3.51. The van der Waals surface area contributed by atoms with Gasteiger partial charge in [0.15, 0.2) is 28.3 Å². The third-order valence-corrected chi connectivity index (χ3v) is 9.96. The summed E-state index contributed by atoms with van der Waals surface area (Å²) in [5, 5.41) is 12.6. The van der Waals surface area contributed by atoms with Gasteiger partial charge in [0, 0.05) is 25.6 Å². The van der Waals surface area contributed by atoms with E-state index in [0.29, 0.717) is 22.2 Å². The van der Waals surface area contributed by atoms with E-state index >= 15 is 0 Å². The largest absolute Gasteiger partial charge is 0.369 e. The normalized spacial score (nSPS) is 16.9. The molecular formula is C22H24N8O5S2. The number of carbonyl (C=O) groups is 1. The number of rotatable bonds is 5. The van der Waals surface area contributed by atoms with Crippen molar-refractivity contribution in [3.05, 3.63) is 35.9 Å². The molecule has 2 aliphatic rings. The number of fused-ring (bicyclic) bond motifs is 1. The number of H-pyrrole nitrogens is 1. The van der Waals surface area contributed by atoms with Gasteiger partial charge in [-0.25, -0.2) is 32.0 Å². The van der Waals surface area contributed by atoms with Gasteiger partial charge in [-0.3, -0.25) is 4.79 Å². The molecule has 2 aromatic carbocycles. The molecule has 37 heavy (non-hydrogen) atoms. The molecular weight excluding hydrogens is 520 g/mol. The van der Waals surface area contributed by atoms with Crippen molar-refractivity contribution in [3.63, 3.8) is 0 Å². The first-order valence-corrected chi connectivity index (χ1v) is 14.4. The van der Waals surface area contributed by atoms with E-state index in [0.717, 1.165) is 0 Å². The number of carbonyl (C=O) groups excluding carboxylic acids is 1. The predicted molar refractivity (Wildman–Crippen MR) is 136 cm³/mol. The maximum Gasteiger partial charge on any atom is 0.240 e. The zero-order valence-electron chi connectivity index (χ0n) is 19.7. The highest BCUT2D eigenvalue weighted by atomic mass is 32.2. The lowest BCUT2D eigenvalue weighted by atomic mass is 9.97. The number of aliphatic imine (C=N–C) groups is 1. The summed E-state index contributed by atoms with van der Waals surface area (Å²) in [6.07, 6.45) is 0.325. The molecule has 1 fully saturated rings. The van der Waals surface area contributed by atoms with Crippen LogP contribution in [0.2, 0.25) is 0 Å². The van der Waals surface area contributed by atoms with Gasteiger partial charge in [0.25, 0.3) is 0 Å². The van der Waals surface area contributed by atoms with E-state index < -0.39 is 34.9 Å². The number of nitrogens with two attached hydrogens (primary N) is 2. The number of imidazole rings is 1. The minimum Gasteiger partial charge on any atom is -0.369 e. The first-order chi connectivity index (χ1) is 17.5. The van der Waals surface area contributed by atoms with Crippen molar-refractivity contribution in [1.29, 1.82) is 0 Å². The molecule has 0 atom stereocenters. The number of hydrogen-bond donors (Lipinski definition) is 3. The molecule has 3 heterocycles. The Hall–Kier alpha value is -3.69. The Morgan fingerprint density at radius 3 is 2.43 bits per heavy atom. The van der Waals surface area contributed by atoms with Crippen LogP contribution in [0, 0.1) is 0 Å². The Morgan fingerprint density at radius 2 is 1.81 bits per heavy atom. The maximum atomic E-state index is 13.8. The molecule has 3 aromatic rings. The van der Waals surface area contributed by atoms with Gasteiger partial charge in [0.2, 0.25) is 15.9 Å². The number of nitrogens with zero attached hydrogens (tertiary/aromatic N) is 5. The van der Waals surface area contributed by atoms with Gasteiger partial charge >= 0.3 is 0 Å². The van der Waals surface area contributed by atoms with Crippen molar-refractivity contribution in [1.82, 2.24) is 14.9 Å². The average molecular weight is 545 g/mol. The molecule has 0 radical (unpaired) electrons. The fraction of sp³-hybridized carbons (Fsp3) is 0.318. The van der Waals surface area contributed by atoms with Gasteiger partial charge in [-0.2, -0.15) is 5.11 Å². The summed E-state index contributed by atoms with van der Waals surface area (Å²) in [5.74, 6) is -0.0434. The number of hydrogen-bond acceptors (Lipinski definition) is 10. The molecule has 5 rings (SSSR count). The lowest BCUT2D eigenvalue weighted by Gasteiger charge is -2.31. The number of likely N-dealkylation sites (tertiary alicyclic amines) is 1. The molecule has 1 aromatic heterocycles. The fourth-order valence-corrected chi connectivity index (χ4v) is 8.14. The Kier molecular flexibility index (Phi) is 6.08. The lowest BCUT2D eigenvalue weighted by Crippen LogP contribution is -2.41. The van der Waals surface area contributed by atoms with Gasteiger partial charge < -0.3 is 15.6 Å². The molecule has 13 nitrogen and oxygen atoms in total. The standard InChI is InChI=1S/C22H24N8O5S2/c1-12(31)30-9-7-13(8-10-30)36(32,33)17-6-5-14(15-3-2-4-16-19(15)28-22(23)27-16)18(20(17)37(24,34)35)21-25-11-26-29-21/h2-6,13H,7-11H2,1H3,(H3,23,27,28)(H2,24,34,35). The highest BCUT2D eigenvalue weighted by molar-refractivity contribution is 7.94. The molecule has 0 bridgehead atoms. The van der Waals surface area contributed by atoms with Gasteiger partial charge in [-0.05, 0) is 30.5 Å². The first-order valence-electron chi connectivity index (χ1n) is 11.3. The number of azo groups is 1. The van der Waals surface area contributed by atoms with Gasteiger partial charge in [0.1, 0.15) is 4.90 Å². The number of piperidine rings is 1. The SMILES string of the molecule is CC(=O)N1CCC(S(=O)(=O)c2ccc(-c3cccc4[nH]c(N)nc34)c(C3=NCN=N3)c2S(N)(=O)=O)CC1. The van der Waals surface area contributed by atoms with Crippen molar-refractivity contribution in [2.45, 2.75) is 34.8 Å². The van der Waals surface area contributed by atoms with E-state index in [9.17, 15) is 21.6 Å². The van der Waals surface area contributed by atoms with E-state index in [4.69, 9.17) is 10.9 Å². The van der Waals surface area contributed by atoms with Crippen LogP contribution < -0.4 is 10.9 Å². The minimum absolute atomic E-state index is 0.0428. The Bertz CT molecular complexity index is 1700. The van der Waals surface area contributed by atoms with Crippen molar-refractivity contribution in [2.75, 3.05) is 25.5 Å². The summed E-state index contributed by atoms with van der Waals surface area (Å²) in [4.78, 5) is 23.6. The van der Waals surface area contributed by atoms with Crippen LogP contribution in [0.4, 0.5) is 5.95 Å². The van der Waals surface area contributed by atoms with Gasteiger partial charge in [0.05, 0.1) is 26.7 Å². The van der Waals surface area contributed by atoms with Crippen LogP contribution in [0.3, 0.4) is 0 Å².